The van der Waals surface area contributed by atoms with E-state index in [9.17, 15) is 14.4 Å². The number of rotatable bonds is 6. The van der Waals surface area contributed by atoms with Crippen molar-refractivity contribution in [2.45, 2.75) is 25.3 Å². The highest BCUT2D eigenvalue weighted by molar-refractivity contribution is 7.09. The van der Waals surface area contributed by atoms with Crippen molar-refractivity contribution in [2.75, 3.05) is 26.2 Å². The number of likely N-dealkylation sites (tertiary alicyclic amines) is 1. The first kappa shape index (κ1) is 20.4. The highest BCUT2D eigenvalue weighted by Gasteiger charge is 2.24. The summed E-state index contributed by atoms with van der Waals surface area (Å²) in [5.74, 6) is -0.314. The number of para-hydroxylation sites is 2. The summed E-state index contributed by atoms with van der Waals surface area (Å²) >= 11 is 1.64. The second-order valence-corrected chi connectivity index (χ2v) is 8.49. The molecule has 0 bridgehead atoms. The Morgan fingerprint density at radius 1 is 1.13 bits per heavy atom. The number of aromatic amines is 1. The lowest BCUT2D eigenvalue weighted by atomic mass is 10.0. The molecule has 30 heavy (non-hydrogen) atoms. The smallest absolute Gasteiger partial charge is 0.326 e. The van der Waals surface area contributed by atoms with E-state index < -0.39 is 6.03 Å². The second kappa shape index (κ2) is 9.27. The van der Waals surface area contributed by atoms with Gasteiger partial charge in [0.25, 0.3) is 0 Å². The highest BCUT2D eigenvalue weighted by Crippen LogP contribution is 2.24. The van der Waals surface area contributed by atoms with Gasteiger partial charge in [-0.1, -0.05) is 18.2 Å². The van der Waals surface area contributed by atoms with Crippen molar-refractivity contribution in [1.82, 2.24) is 25.1 Å². The van der Waals surface area contributed by atoms with Gasteiger partial charge in [0, 0.05) is 30.6 Å². The predicted octanol–water partition coefficient (Wildman–Crippen LogP) is 2.10. The van der Waals surface area contributed by atoms with Gasteiger partial charge in [-0.15, -0.1) is 11.3 Å². The van der Waals surface area contributed by atoms with Crippen LogP contribution in [0.25, 0.3) is 11.0 Å². The molecule has 0 atom stereocenters. The van der Waals surface area contributed by atoms with Crippen molar-refractivity contribution in [3.8, 4) is 0 Å². The summed E-state index contributed by atoms with van der Waals surface area (Å²) in [5.41, 5.74) is 1.67. The molecule has 4 rings (SSSR count). The minimum Gasteiger partial charge on any atom is -0.337 e. The van der Waals surface area contributed by atoms with E-state index in [4.69, 9.17) is 0 Å². The van der Waals surface area contributed by atoms with Crippen LogP contribution in [0.5, 0.6) is 0 Å². The maximum atomic E-state index is 12.4. The Labute approximate surface area is 177 Å². The van der Waals surface area contributed by atoms with E-state index >= 15 is 0 Å². The van der Waals surface area contributed by atoms with Gasteiger partial charge in [-0.05, 0) is 42.8 Å². The number of fused-ring (bicyclic) bond motifs is 1. The molecule has 3 aromatic rings. The zero-order valence-corrected chi connectivity index (χ0v) is 17.4. The summed E-state index contributed by atoms with van der Waals surface area (Å²) in [6.45, 7) is 2.06. The van der Waals surface area contributed by atoms with Crippen LogP contribution in [0.1, 0.15) is 23.8 Å². The number of amides is 3. The molecule has 8 nitrogen and oxygen atoms in total. The number of carbonyl (C=O) groups is 2. The summed E-state index contributed by atoms with van der Waals surface area (Å²) in [7, 11) is 0. The van der Waals surface area contributed by atoms with Crippen LogP contribution >= 0.6 is 11.3 Å². The van der Waals surface area contributed by atoms with E-state index in [0.717, 1.165) is 30.3 Å². The number of hydrogen-bond donors (Lipinski definition) is 3. The van der Waals surface area contributed by atoms with Crippen LogP contribution in [0.15, 0.2) is 46.6 Å². The molecule has 0 spiro atoms. The van der Waals surface area contributed by atoms with E-state index in [0.29, 0.717) is 19.6 Å². The summed E-state index contributed by atoms with van der Waals surface area (Å²) in [6, 6.07) is 11.3. The van der Waals surface area contributed by atoms with Gasteiger partial charge in [-0.25, -0.2) is 9.59 Å². The maximum absolute atomic E-state index is 12.4. The molecule has 3 heterocycles. The molecular weight excluding hydrogens is 402 g/mol. The summed E-state index contributed by atoms with van der Waals surface area (Å²) in [4.78, 5) is 42.6. The van der Waals surface area contributed by atoms with Gasteiger partial charge in [-0.2, -0.15) is 0 Å². The first-order chi connectivity index (χ1) is 14.6. The van der Waals surface area contributed by atoms with Gasteiger partial charge in [0.1, 0.15) is 0 Å². The number of urea groups is 1. The van der Waals surface area contributed by atoms with Crippen molar-refractivity contribution in [3.63, 3.8) is 0 Å². The minimum absolute atomic E-state index is 0.0911. The SMILES string of the molecule is O=C(CN1CCC(n2c(=O)[nH]c3ccccc32)CC1)NC(=O)NCCc1cccs1. The van der Waals surface area contributed by atoms with Crippen molar-refractivity contribution in [2.24, 2.45) is 0 Å². The van der Waals surface area contributed by atoms with Gasteiger partial charge in [0.2, 0.25) is 5.91 Å². The predicted molar refractivity (Wildman–Crippen MR) is 117 cm³/mol. The summed E-state index contributed by atoms with van der Waals surface area (Å²) in [6.07, 6.45) is 2.31. The van der Waals surface area contributed by atoms with Gasteiger partial charge < -0.3 is 10.3 Å². The van der Waals surface area contributed by atoms with Gasteiger partial charge in [0.05, 0.1) is 17.6 Å². The number of aromatic nitrogens is 2. The first-order valence-corrected chi connectivity index (χ1v) is 11.0. The number of imidazole rings is 1. The van der Waals surface area contributed by atoms with E-state index in [2.05, 4.69) is 15.6 Å². The van der Waals surface area contributed by atoms with Crippen molar-refractivity contribution >= 4 is 34.3 Å². The number of nitrogens with zero attached hydrogens (tertiary/aromatic N) is 2. The first-order valence-electron chi connectivity index (χ1n) is 10.1. The van der Waals surface area contributed by atoms with E-state index in [-0.39, 0.29) is 24.2 Å². The van der Waals surface area contributed by atoms with E-state index in [1.807, 2.05) is 51.2 Å². The summed E-state index contributed by atoms with van der Waals surface area (Å²) < 4.78 is 1.83. The third-order valence-electron chi connectivity index (χ3n) is 5.40. The molecule has 0 unspecified atom stereocenters. The monoisotopic (exact) mass is 427 g/mol. The Balaban J connectivity index is 1.22. The Morgan fingerprint density at radius 3 is 2.70 bits per heavy atom. The van der Waals surface area contributed by atoms with Crippen LogP contribution < -0.4 is 16.3 Å². The molecular formula is C21H25N5O3S. The molecule has 1 aliphatic rings. The lowest BCUT2D eigenvalue weighted by molar-refractivity contribution is -0.121. The molecule has 3 N–H and O–H groups in total. The maximum Gasteiger partial charge on any atom is 0.326 e. The number of carbonyl (C=O) groups excluding carboxylic acids is 2. The van der Waals surface area contributed by atoms with Gasteiger partial charge in [0.15, 0.2) is 0 Å². The quantitative estimate of drug-likeness (QED) is 0.561. The second-order valence-electron chi connectivity index (χ2n) is 7.46. The largest absolute Gasteiger partial charge is 0.337 e. The minimum atomic E-state index is -0.461. The van der Waals surface area contributed by atoms with Crippen LogP contribution in [-0.2, 0) is 11.2 Å². The number of piperidine rings is 1. The zero-order valence-electron chi connectivity index (χ0n) is 16.6. The number of thiophene rings is 1. The highest BCUT2D eigenvalue weighted by atomic mass is 32.1. The molecule has 158 valence electrons. The van der Waals surface area contributed by atoms with Crippen molar-refractivity contribution < 1.29 is 9.59 Å². The standard InChI is InChI=1S/C21H25N5O3S/c27-19(24-20(28)22-10-7-16-4-3-13-30-16)14-25-11-8-15(9-12-25)26-18-6-2-1-5-17(18)23-21(26)29/h1-6,13,15H,7-12,14H2,(H,23,29)(H2,22,24,27,28). The molecule has 3 amide bonds. The fourth-order valence-electron chi connectivity index (χ4n) is 3.94. The Bertz CT molecular complexity index is 1060. The molecule has 0 aliphatic carbocycles. The van der Waals surface area contributed by atoms with Crippen LogP contribution in [0.3, 0.4) is 0 Å². The van der Waals surface area contributed by atoms with E-state index in [1.54, 1.807) is 11.3 Å². The fraction of sp³-hybridized carbons (Fsp3) is 0.381. The fourth-order valence-corrected chi connectivity index (χ4v) is 4.65. The lowest BCUT2D eigenvalue weighted by Crippen LogP contribution is -2.47. The topological polar surface area (TPSA) is 99.2 Å². The van der Waals surface area contributed by atoms with Crippen LogP contribution in [0.4, 0.5) is 4.79 Å². The van der Waals surface area contributed by atoms with Crippen LogP contribution in [-0.4, -0.2) is 52.6 Å². The normalized spacial score (nSPS) is 15.3. The molecule has 9 heteroatoms. The lowest BCUT2D eigenvalue weighted by Gasteiger charge is -2.31. The van der Waals surface area contributed by atoms with Crippen LogP contribution in [0.2, 0.25) is 0 Å². The number of H-pyrrole nitrogens is 1. The molecule has 1 fully saturated rings. The average Bonchev–Trinajstić information content (AvgIpc) is 3.35. The molecule has 0 saturated carbocycles. The van der Waals surface area contributed by atoms with Crippen LogP contribution in [0, 0.1) is 0 Å². The van der Waals surface area contributed by atoms with Crippen molar-refractivity contribution in [1.29, 1.82) is 0 Å². The molecule has 1 aliphatic heterocycles. The van der Waals surface area contributed by atoms with Gasteiger partial charge in [-0.3, -0.25) is 19.6 Å². The zero-order chi connectivity index (χ0) is 20.9. The van der Waals surface area contributed by atoms with E-state index in [1.165, 1.54) is 4.88 Å². The van der Waals surface area contributed by atoms with Gasteiger partial charge >= 0.3 is 11.7 Å². The number of hydrogen-bond acceptors (Lipinski definition) is 5. The Kier molecular flexibility index (Phi) is 6.29. The molecule has 1 aromatic carbocycles. The third kappa shape index (κ3) is 4.80. The molecule has 1 saturated heterocycles. The third-order valence-corrected chi connectivity index (χ3v) is 6.34. The Morgan fingerprint density at radius 2 is 1.93 bits per heavy atom. The number of imide groups is 1. The molecule has 2 aromatic heterocycles. The molecule has 0 radical (unpaired) electrons. The average molecular weight is 428 g/mol. The number of nitrogens with one attached hydrogen (secondary N) is 3. The Hall–Kier alpha value is -2.91. The van der Waals surface area contributed by atoms with Crippen molar-refractivity contribution in [3.05, 3.63) is 57.1 Å². The number of benzene rings is 1. The summed E-state index contributed by atoms with van der Waals surface area (Å²) in [5, 5.41) is 7.10.